The van der Waals surface area contributed by atoms with E-state index in [0.29, 0.717) is 40.1 Å². The average molecular weight is 540 g/mol. The van der Waals surface area contributed by atoms with E-state index in [4.69, 9.17) is 16.3 Å². The summed E-state index contributed by atoms with van der Waals surface area (Å²) < 4.78 is 5.02. The van der Waals surface area contributed by atoms with E-state index in [1.165, 1.54) is 24.0 Å². The molecule has 4 heterocycles. The van der Waals surface area contributed by atoms with Crippen molar-refractivity contribution < 1.29 is 14.3 Å². The maximum Gasteiger partial charge on any atom is 0.341 e. The number of aromatic nitrogens is 1. The van der Waals surface area contributed by atoms with Gasteiger partial charge >= 0.3 is 5.97 Å². The molecule has 0 atom stereocenters. The molecule has 1 amide bonds. The van der Waals surface area contributed by atoms with Crippen LogP contribution in [0.1, 0.15) is 49.6 Å². The summed E-state index contributed by atoms with van der Waals surface area (Å²) in [6.45, 7) is 4.27. The van der Waals surface area contributed by atoms with Crippen molar-refractivity contribution in [3.05, 3.63) is 74.7 Å². The fourth-order valence-corrected chi connectivity index (χ4v) is 6.26. The van der Waals surface area contributed by atoms with Gasteiger partial charge in [-0.3, -0.25) is 9.69 Å². The zero-order valence-electron chi connectivity index (χ0n) is 20.7. The number of pyridine rings is 1. The van der Waals surface area contributed by atoms with E-state index < -0.39 is 5.97 Å². The van der Waals surface area contributed by atoms with E-state index in [9.17, 15) is 9.59 Å². The molecule has 1 fully saturated rings. The van der Waals surface area contributed by atoms with Crippen LogP contribution in [-0.2, 0) is 24.2 Å². The highest BCUT2D eigenvalue weighted by Gasteiger charge is 2.28. The third kappa shape index (κ3) is 5.96. The second kappa shape index (κ2) is 11.6. The first-order valence-electron chi connectivity index (χ1n) is 12.5. The summed E-state index contributed by atoms with van der Waals surface area (Å²) in [7, 11) is 1.36. The summed E-state index contributed by atoms with van der Waals surface area (Å²) in [5.74, 6) is -0.330. The molecule has 37 heavy (non-hydrogen) atoms. The Morgan fingerprint density at radius 1 is 1.19 bits per heavy atom. The van der Waals surface area contributed by atoms with E-state index in [1.807, 2.05) is 6.07 Å². The molecule has 5 rings (SSSR count). The van der Waals surface area contributed by atoms with Gasteiger partial charge in [0, 0.05) is 37.1 Å². The van der Waals surface area contributed by atoms with Crippen LogP contribution in [0, 0.1) is 0 Å². The lowest BCUT2D eigenvalue weighted by molar-refractivity contribution is 0.0601. The minimum Gasteiger partial charge on any atom is -0.465 e. The van der Waals surface area contributed by atoms with Crippen LogP contribution >= 0.6 is 22.9 Å². The van der Waals surface area contributed by atoms with E-state index in [1.54, 1.807) is 12.1 Å². The SMILES string of the molecule is COC(=O)c1c(NC(=O)c2ccc(Cl)nc2NC2CCN(Cc3ccccc3)CC2)sc2c1CCNC2. The monoisotopic (exact) mass is 539 g/mol. The summed E-state index contributed by atoms with van der Waals surface area (Å²) in [5.41, 5.74) is 3.08. The summed E-state index contributed by atoms with van der Waals surface area (Å²) in [5, 5.41) is 10.5. The first kappa shape index (κ1) is 25.7. The number of methoxy groups -OCH3 is 1. The van der Waals surface area contributed by atoms with Crippen molar-refractivity contribution in [2.45, 2.75) is 38.4 Å². The average Bonchev–Trinajstić information content (AvgIpc) is 3.27. The second-order valence-electron chi connectivity index (χ2n) is 9.29. The number of piperidine rings is 1. The quantitative estimate of drug-likeness (QED) is 0.299. The van der Waals surface area contributed by atoms with Gasteiger partial charge in [0.1, 0.15) is 16.0 Å². The molecular formula is C27H30ClN5O3S. The van der Waals surface area contributed by atoms with Gasteiger partial charge in [0.05, 0.1) is 18.2 Å². The lowest BCUT2D eigenvalue weighted by Crippen LogP contribution is -2.39. The van der Waals surface area contributed by atoms with Crippen molar-refractivity contribution in [2.75, 3.05) is 37.4 Å². The van der Waals surface area contributed by atoms with Crippen LogP contribution < -0.4 is 16.0 Å². The summed E-state index contributed by atoms with van der Waals surface area (Å²) in [4.78, 5) is 33.9. The molecule has 2 aliphatic heterocycles. The van der Waals surface area contributed by atoms with Gasteiger partial charge in [-0.05, 0) is 49.1 Å². The molecule has 10 heteroatoms. The number of carbonyl (C=O) groups is 2. The first-order valence-corrected chi connectivity index (χ1v) is 13.7. The third-order valence-electron chi connectivity index (χ3n) is 6.83. The molecule has 3 N–H and O–H groups in total. The maximum atomic E-state index is 13.4. The molecule has 194 valence electrons. The first-order chi connectivity index (χ1) is 18.0. The molecule has 0 bridgehead atoms. The smallest absolute Gasteiger partial charge is 0.341 e. The van der Waals surface area contributed by atoms with Crippen molar-refractivity contribution >= 4 is 45.6 Å². The Morgan fingerprint density at radius 3 is 2.73 bits per heavy atom. The second-order valence-corrected chi connectivity index (χ2v) is 10.8. The minimum atomic E-state index is -0.440. The molecule has 0 aliphatic carbocycles. The number of nitrogens with one attached hydrogen (secondary N) is 3. The van der Waals surface area contributed by atoms with Crippen molar-refractivity contribution in [1.29, 1.82) is 0 Å². The van der Waals surface area contributed by atoms with Crippen LogP contribution in [0.3, 0.4) is 0 Å². The van der Waals surface area contributed by atoms with Crippen LogP contribution in [0.25, 0.3) is 0 Å². The molecule has 1 saturated heterocycles. The van der Waals surface area contributed by atoms with Gasteiger partial charge in [-0.1, -0.05) is 41.9 Å². The van der Waals surface area contributed by atoms with Gasteiger partial charge in [-0.2, -0.15) is 0 Å². The molecule has 8 nitrogen and oxygen atoms in total. The van der Waals surface area contributed by atoms with Crippen molar-refractivity contribution in [1.82, 2.24) is 15.2 Å². The molecule has 0 unspecified atom stereocenters. The Hall–Kier alpha value is -2.98. The fourth-order valence-electron chi connectivity index (χ4n) is 4.91. The summed E-state index contributed by atoms with van der Waals surface area (Å²) >= 11 is 7.62. The number of hydrogen-bond acceptors (Lipinski definition) is 8. The van der Waals surface area contributed by atoms with Gasteiger partial charge in [0.15, 0.2) is 0 Å². The predicted molar refractivity (Wildman–Crippen MR) is 147 cm³/mol. The molecular weight excluding hydrogens is 510 g/mol. The highest BCUT2D eigenvalue weighted by molar-refractivity contribution is 7.17. The van der Waals surface area contributed by atoms with Crippen LogP contribution in [0.2, 0.25) is 5.15 Å². The Labute approximate surface area is 225 Å². The Kier molecular flexibility index (Phi) is 8.05. The lowest BCUT2D eigenvalue weighted by atomic mass is 10.0. The van der Waals surface area contributed by atoms with Gasteiger partial charge in [-0.25, -0.2) is 9.78 Å². The molecule has 0 saturated carbocycles. The summed E-state index contributed by atoms with van der Waals surface area (Å²) in [6.07, 6.45) is 2.57. The zero-order chi connectivity index (χ0) is 25.8. The largest absolute Gasteiger partial charge is 0.465 e. The Bertz CT molecular complexity index is 1270. The number of amides is 1. The van der Waals surface area contributed by atoms with Crippen LogP contribution in [-0.4, -0.2) is 54.5 Å². The number of nitrogens with zero attached hydrogens (tertiary/aromatic N) is 2. The molecule has 3 aromatic rings. The number of likely N-dealkylation sites (tertiary alicyclic amines) is 1. The van der Waals surface area contributed by atoms with Crippen molar-refractivity contribution in [3.63, 3.8) is 0 Å². The van der Waals surface area contributed by atoms with E-state index >= 15 is 0 Å². The topological polar surface area (TPSA) is 95.6 Å². The Morgan fingerprint density at radius 2 is 1.97 bits per heavy atom. The van der Waals surface area contributed by atoms with E-state index in [0.717, 1.165) is 49.5 Å². The maximum absolute atomic E-state index is 13.4. The van der Waals surface area contributed by atoms with Crippen molar-refractivity contribution in [3.8, 4) is 0 Å². The lowest BCUT2D eigenvalue weighted by Gasteiger charge is -2.33. The number of ether oxygens (including phenoxy) is 1. The normalized spacial score (nSPS) is 16.2. The standard InChI is InChI=1S/C27H30ClN5O3S/c1-36-27(35)23-19-9-12-29-15-21(19)37-26(23)32-25(34)20-7-8-22(28)31-24(20)30-18-10-13-33(14-11-18)16-17-5-3-2-4-6-17/h2-8,18,29H,9-16H2,1H3,(H,30,31)(H,32,34). The number of rotatable bonds is 7. The zero-order valence-corrected chi connectivity index (χ0v) is 22.3. The van der Waals surface area contributed by atoms with Crippen LogP contribution in [0.4, 0.5) is 10.8 Å². The fraction of sp³-hybridized carbons (Fsp3) is 0.370. The predicted octanol–water partition coefficient (Wildman–Crippen LogP) is 4.56. The van der Waals surface area contributed by atoms with E-state index in [2.05, 4.69) is 50.1 Å². The molecule has 0 spiro atoms. The molecule has 1 aromatic carbocycles. The number of anilines is 2. The van der Waals surface area contributed by atoms with Gasteiger partial charge in [0.2, 0.25) is 0 Å². The highest BCUT2D eigenvalue weighted by Crippen LogP contribution is 2.36. The number of hydrogen-bond donors (Lipinski definition) is 3. The number of carbonyl (C=O) groups excluding carboxylic acids is 2. The molecule has 0 radical (unpaired) electrons. The number of fused-ring (bicyclic) bond motifs is 1. The molecule has 2 aromatic heterocycles. The Balaban J connectivity index is 1.29. The number of halogens is 1. The van der Waals surface area contributed by atoms with Crippen molar-refractivity contribution in [2.24, 2.45) is 0 Å². The number of benzene rings is 1. The third-order valence-corrected chi connectivity index (χ3v) is 8.19. The van der Waals surface area contributed by atoms with E-state index in [-0.39, 0.29) is 11.9 Å². The highest BCUT2D eigenvalue weighted by atomic mass is 35.5. The minimum absolute atomic E-state index is 0.176. The van der Waals surface area contributed by atoms with Gasteiger partial charge in [0.25, 0.3) is 5.91 Å². The number of esters is 1. The summed E-state index contributed by atoms with van der Waals surface area (Å²) in [6, 6.07) is 13.9. The number of thiophene rings is 1. The van der Waals surface area contributed by atoms with Crippen LogP contribution in [0.5, 0.6) is 0 Å². The van der Waals surface area contributed by atoms with Crippen LogP contribution in [0.15, 0.2) is 42.5 Å². The van der Waals surface area contributed by atoms with Gasteiger partial charge < -0.3 is 20.7 Å². The molecule has 2 aliphatic rings. The van der Waals surface area contributed by atoms with Gasteiger partial charge in [-0.15, -0.1) is 11.3 Å².